The van der Waals surface area contributed by atoms with Gasteiger partial charge in [-0.15, -0.1) is 11.3 Å². The van der Waals surface area contributed by atoms with Crippen LogP contribution in [-0.4, -0.2) is 12.1 Å². The highest BCUT2D eigenvalue weighted by atomic mass is 127. The van der Waals surface area contributed by atoms with Crippen LogP contribution in [0.4, 0.5) is 0 Å². The van der Waals surface area contributed by atoms with Gasteiger partial charge in [-0.1, -0.05) is 6.07 Å². The third-order valence-electron chi connectivity index (χ3n) is 3.67. The standard InChI is InChI=1S/C15H17IN2OS/c1-19-15-10(4-3-7-17-15)9-18-12-5-2-6-13-11(12)8-14(16)20-13/h3-4,7-8,12,18H,2,5-6,9H2,1H3. The molecule has 5 heteroatoms. The van der Waals surface area contributed by atoms with Crippen LogP contribution >= 0.6 is 33.9 Å². The number of nitrogens with zero attached hydrogens (tertiary/aromatic N) is 1. The van der Waals surface area contributed by atoms with E-state index < -0.39 is 0 Å². The SMILES string of the molecule is COc1ncccc1CNC1CCCc2sc(I)cc21. The molecule has 2 aromatic rings. The number of hydrogen-bond donors (Lipinski definition) is 1. The Morgan fingerprint density at radius 3 is 3.30 bits per heavy atom. The van der Waals surface area contributed by atoms with Crippen molar-refractivity contribution in [2.75, 3.05) is 7.11 Å². The molecule has 0 aliphatic heterocycles. The van der Waals surface area contributed by atoms with Crippen molar-refractivity contribution in [3.05, 3.63) is 43.3 Å². The fourth-order valence-electron chi connectivity index (χ4n) is 2.71. The molecule has 0 amide bonds. The summed E-state index contributed by atoms with van der Waals surface area (Å²) in [5, 5.41) is 3.67. The summed E-state index contributed by atoms with van der Waals surface area (Å²) in [6.45, 7) is 0.799. The zero-order valence-corrected chi connectivity index (χ0v) is 14.3. The first kappa shape index (κ1) is 14.3. The van der Waals surface area contributed by atoms with E-state index in [0.29, 0.717) is 6.04 Å². The van der Waals surface area contributed by atoms with Gasteiger partial charge in [0.2, 0.25) is 5.88 Å². The lowest BCUT2D eigenvalue weighted by Crippen LogP contribution is -2.24. The molecule has 1 N–H and O–H groups in total. The minimum absolute atomic E-state index is 0.462. The first-order chi connectivity index (χ1) is 9.78. The van der Waals surface area contributed by atoms with Gasteiger partial charge in [0, 0.05) is 29.2 Å². The van der Waals surface area contributed by atoms with Crippen molar-refractivity contribution >= 4 is 33.9 Å². The molecule has 20 heavy (non-hydrogen) atoms. The van der Waals surface area contributed by atoms with Crippen LogP contribution in [0.1, 0.15) is 34.9 Å². The maximum absolute atomic E-state index is 5.31. The highest BCUT2D eigenvalue weighted by molar-refractivity contribution is 14.1. The first-order valence-corrected chi connectivity index (χ1v) is 8.67. The summed E-state index contributed by atoms with van der Waals surface area (Å²) in [7, 11) is 1.67. The van der Waals surface area contributed by atoms with Crippen LogP contribution < -0.4 is 10.1 Å². The van der Waals surface area contributed by atoms with Crippen molar-refractivity contribution in [1.29, 1.82) is 0 Å². The molecule has 1 atom stereocenters. The molecule has 1 aliphatic rings. The summed E-state index contributed by atoms with van der Waals surface area (Å²) in [4.78, 5) is 5.80. The number of hydrogen-bond acceptors (Lipinski definition) is 4. The molecule has 2 aromatic heterocycles. The van der Waals surface area contributed by atoms with Crippen LogP contribution in [0.15, 0.2) is 24.4 Å². The Morgan fingerprint density at radius 1 is 1.55 bits per heavy atom. The molecular formula is C15H17IN2OS. The van der Waals surface area contributed by atoms with Crippen LogP contribution in [0.5, 0.6) is 5.88 Å². The predicted octanol–water partition coefficient (Wildman–Crippen LogP) is 3.92. The Kier molecular flexibility index (Phi) is 4.58. The number of ether oxygens (including phenoxy) is 1. The van der Waals surface area contributed by atoms with Gasteiger partial charge in [-0.05, 0) is 59.5 Å². The largest absolute Gasteiger partial charge is 0.481 e. The van der Waals surface area contributed by atoms with E-state index in [-0.39, 0.29) is 0 Å². The molecule has 0 aromatic carbocycles. The zero-order valence-electron chi connectivity index (χ0n) is 11.4. The normalized spacial score (nSPS) is 17.8. The van der Waals surface area contributed by atoms with Gasteiger partial charge in [0.05, 0.1) is 9.99 Å². The number of aromatic nitrogens is 1. The lowest BCUT2D eigenvalue weighted by molar-refractivity contribution is 0.386. The number of halogens is 1. The minimum atomic E-state index is 0.462. The number of rotatable bonds is 4. The highest BCUT2D eigenvalue weighted by Gasteiger charge is 2.22. The van der Waals surface area contributed by atoms with Crippen LogP contribution in [-0.2, 0) is 13.0 Å². The van der Waals surface area contributed by atoms with Gasteiger partial charge in [-0.2, -0.15) is 0 Å². The number of pyridine rings is 1. The third-order valence-corrected chi connectivity index (χ3v) is 5.64. The summed E-state index contributed by atoms with van der Waals surface area (Å²) in [5.41, 5.74) is 2.61. The Hall–Kier alpha value is -0.660. The minimum Gasteiger partial charge on any atom is -0.481 e. The molecule has 0 saturated carbocycles. The van der Waals surface area contributed by atoms with Gasteiger partial charge in [0.1, 0.15) is 0 Å². The topological polar surface area (TPSA) is 34.1 Å². The Morgan fingerprint density at radius 2 is 2.45 bits per heavy atom. The van der Waals surface area contributed by atoms with E-state index in [0.717, 1.165) is 18.0 Å². The molecule has 1 aliphatic carbocycles. The lowest BCUT2D eigenvalue weighted by Gasteiger charge is -2.24. The van der Waals surface area contributed by atoms with E-state index in [9.17, 15) is 0 Å². The summed E-state index contributed by atoms with van der Waals surface area (Å²) >= 11 is 4.36. The molecule has 3 rings (SSSR count). The molecule has 0 fully saturated rings. The van der Waals surface area contributed by atoms with E-state index in [2.05, 4.69) is 45.0 Å². The van der Waals surface area contributed by atoms with Gasteiger partial charge < -0.3 is 10.1 Å². The molecule has 106 valence electrons. The summed E-state index contributed by atoms with van der Waals surface area (Å²) < 4.78 is 6.70. The van der Waals surface area contributed by atoms with Gasteiger partial charge in [0.25, 0.3) is 0 Å². The second-order valence-corrected chi connectivity index (χ2v) is 7.96. The van der Waals surface area contributed by atoms with E-state index in [1.54, 1.807) is 18.2 Å². The first-order valence-electron chi connectivity index (χ1n) is 6.77. The number of aryl methyl sites for hydroxylation is 1. The van der Waals surface area contributed by atoms with Gasteiger partial charge in [-0.3, -0.25) is 0 Å². The predicted molar refractivity (Wildman–Crippen MR) is 90.3 cm³/mol. The fraction of sp³-hybridized carbons (Fsp3) is 0.400. The maximum atomic E-state index is 5.31. The van der Waals surface area contributed by atoms with Crippen LogP contribution in [0.3, 0.4) is 0 Å². The molecular weight excluding hydrogens is 383 g/mol. The number of fused-ring (bicyclic) bond motifs is 1. The summed E-state index contributed by atoms with van der Waals surface area (Å²) in [6.07, 6.45) is 5.48. The van der Waals surface area contributed by atoms with Gasteiger partial charge in [0.15, 0.2) is 0 Å². The number of nitrogens with one attached hydrogen (secondary N) is 1. The third kappa shape index (κ3) is 2.99. The summed E-state index contributed by atoms with van der Waals surface area (Å²) in [5.74, 6) is 0.718. The van der Waals surface area contributed by atoms with E-state index >= 15 is 0 Å². The van der Waals surface area contributed by atoms with Crippen molar-refractivity contribution < 1.29 is 4.74 Å². The summed E-state index contributed by atoms with van der Waals surface area (Å²) in [6, 6.07) is 6.82. The smallest absolute Gasteiger partial charge is 0.217 e. The Labute approximate surface area is 136 Å². The van der Waals surface area contributed by atoms with Crippen molar-refractivity contribution in [3.8, 4) is 5.88 Å². The second-order valence-electron chi connectivity index (χ2n) is 4.93. The van der Waals surface area contributed by atoms with E-state index in [4.69, 9.17) is 4.74 Å². The molecule has 0 spiro atoms. The molecule has 0 saturated heterocycles. The second kappa shape index (κ2) is 6.41. The lowest BCUT2D eigenvalue weighted by atomic mass is 9.94. The number of thiophene rings is 1. The molecule has 3 nitrogen and oxygen atoms in total. The van der Waals surface area contributed by atoms with Crippen LogP contribution in [0, 0.1) is 2.88 Å². The van der Waals surface area contributed by atoms with Crippen LogP contribution in [0.25, 0.3) is 0 Å². The molecule has 0 radical (unpaired) electrons. The molecule has 0 bridgehead atoms. The number of methoxy groups -OCH3 is 1. The average molecular weight is 400 g/mol. The quantitative estimate of drug-likeness (QED) is 0.790. The van der Waals surface area contributed by atoms with Gasteiger partial charge in [-0.25, -0.2) is 4.98 Å². The van der Waals surface area contributed by atoms with Crippen molar-refractivity contribution in [2.24, 2.45) is 0 Å². The zero-order chi connectivity index (χ0) is 13.9. The van der Waals surface area contributed by atoms with E-state index in [1.165, 1.54) is 27.7 Å². The monoisotopic (exact) mass is 400 g/mol. The van der Waals surface area contributed by atoms with Crippen LogP contribution in [0.2, 0.25) is 0 Å². The Bertz CT molecular complexity index is 599. The molecule has 2 heterocycles. The molecule has 1 unspecified atom stereocenters. The van der Waals surface area contributed by atoms with E-state index in [1.807, 2.05) is 17.4 Å². The van der Waals surface area contributed by atoms with Crippen molar-refractivity contribution in [2.45, 2.75) is 31.8 Å². The fourth-order valence-corrected chi connectivity index (χ4v) is 4.83. The highest BCUT2D eigenvalue weighted by Crippen LogP contribution is 2.36. The van der Waals surface area contributed by atoms with Crippen molar-refractivity contribution in [3.63, 3.8) is 0 Å². The average Bonchev–Trinajstić information content (AvgIpc) is 2.86. The Balaban J connectivity index is 1.73. The van der Waals surface area contributed by atoms with Gasteiger partial charge >= 0.3 is 0 Å². The van der Waals surface area contributed by atoms with Crippen molar-refractivity contribution in [1.82, 2.24) is 10.3 Å². The maximum Gasteiger partial charge on any atom is 0.217 e.